The van der Waals surface area contributed by atoms with Crippen molar-refractivity contribution in [2.75, 3.05) is 6.54 Å². The van der Waals surface area contributed by atoms with Crippen molar-refractivity contribution in [2.45, 2.75) is 19.3 Å². The van der Waals surface area contributed by atoms with Crippen LogP contribution in [0, 0.1) is 0 Å². The third-order valence-electron chi connectivity index (χ3n) is 2.54. The summed E-state index contributed by atoms with van der Waals surface area (Å²) in [6.07, 6.45) is 3.04. The van der Waals surface area contributed by atoms with Gasteiger partial charge in [0.2, 0.25) is 0 Å². The minimum absolute atomic E-state index is 0.142. The van der Waals surface area contributed by atoms with E-state index in [0.29, 0.717) is 0 Å². The maximum atomic E-state index is 11.1. The molecule has 0 unspecified atom stereocenters. The van der Waals surface area contributed by atoms with Gasteiger partial charge < -0.3 is 15.7 Å². The van der Waals surface area contributed by atoms with Gasteiger partial charge in [-0.3, -0.25) is 0 Å². The van der Waals surface area contributed by atoms with Crippen molar-refractivity contribution in [3.05, 3.63) is 34.2 Å². The average Bonchev–Trinajstić information content (AvgIpc) is 2.59. The fourth-order valence-electron chi connectivity index (χ4n) is 1.79. The molecule has 0 aliphatic rings. The van der Waals surface area contributed by atoms with Crippen LogP contribution in [0.25, 0.3) is 11.0 Å². The van der Waals surface area contributed by atoms with Crippen LogP contribution in [0.15, 0.2) is 23.0 Å². The average molecular weight is 205 g/mol. The number of H-pyrrole nitrogens is 2. The number of nitrogens with two attached hydrogens (primary N) is 1. The van der Waals surface area contributed by atoms with Crippen LogP contribution >= 0.6 is 0 Å². The standard InChI is InChI=1S/C11H15N3O/c12-7-2-1-4-8-5-3-6-9-10(8)14-11(15)13-9/h3,5-6H,1-2,4,7,12H2,(H2,13,14,15). The lowest BCUT2D eigenvalue weighted by molar-refractivity contribution is 0.747. The largest absolute Gasteiger partial charge is 0.330 e. The second-order valence-electron chi connectivity index (χ2n) is 3.66. The van der Waals surface area contributed by atoms with Crippen molar-refractivity contribution in [3.63, 3.8) is 0 Å². The highest BCUT2D eigenvalue weighted by Crippen LogP contribution is 2.15. The van der Waals surface area contributed by atoms with Gasteiger partial charge in [-0.1, -0.05) is 12.1 Å². The molecule has 0 bridgehead atoms. The maximum absolute atomic E-state index is 11.1. The fourth-order valence-corrected chi connectivity index (χ4v) is 1.79. The summed E-state index contributed by atoms with van der Waals surface area (Å²) in [6, 6.07) is 5.91. The minimum atomic E-state index is -0.142. The van der Waals surface area contributed by atoms with Crippen molar-refractivity contribution >= 4 is 11.0 Å². The molecular formula is C11H15N3O. The molecule has 4 heteroatoms. The number of hydrogen-bond acceptors (Lipinski definition) is 2. The zero-order valence-corrected chi connectivity index (χ0v) is 8.55. The van der Waals surface area contributed by atoms with E-state index in [0.717, 1.165) is 36.8 Å². The van der Waals surface area contributed by atoms with Gasteiger partial charge in [0.05, 0.1) is 11.0 Å². The lowest BCUT2D eigenvalue weighted by atomic mass is 10.1. The van der Waals surface area contributed by atoms with Gasteiger partial charge in [-0.2, -0.15) is 0 Å². The number of fused-ring (bicyclic) bond motifs is 1. The summed E-state index contributed by atoms with van der Waals surface area (Å²) < 4.78 is 0. The number of imidazole rings is 1. The van der Waals surface area contributed by atoms with E-state index in [9.17, 15) is 4.79 Å². The van der Waals surface area contributed by atoms with Crippen molar-refractivity contribution < 1.29 is 0 Å². The molecule has 4 N–H and O–H groups in total. The molecule has 2 aromatic rings. The molecule has 0 saturated heterocycles. The first-order valence-electron chi connectivity index (χ1n) is 5.21. The van der Waals surface area contributed by atoms with Gasteiger partial charge in [-0.25, -0.2) is 4.79 Å². The number of nitrogens with one attached hydrogen (secondary N) is 2. The summed E-state index contributed by atoms with van der Waals surface area (Å²) in [5.74, 6) is 0. The number of benzene rings is 1. The summed E-state index contributed by atoms with van der Waals surface area (Å²) in [4.78, 5) is 16.7. The van der Waals surface area contributed by atoms with Crippen LogP contribution in [0.5, 0.6) is 0 Å². The summed E-state index contributed by atoms with van der Waals surface area (Å²) in [6.45, 7) is 0.722. The summed E-state index contributed by atoms with van der Waals surface area (Å²) in [5.41, 5.74) is 8.29. The van der Waals surface area contributed by atoms with Crippen LogP contribution in [-0.4, -0.2) is 16.5 Å². The van der Waals surface area contributed by atoms with Crippen LogP contribution in [0.3, 0.4) is 0 Å². The molecule has 15 heavy (non-hydrogen) atoms. The Labute approximate surface area is 87.5 Å². The quantitative estimate of drug-likeness (QED) is 0.655. The number of aromatic nitrogens is 2. The monoisotopic (exact) mass is 205 g/mol. The highest BCUT2D eigenvalue weighted by Gasteiger charge is 2.03. The molecule has 1 aromatic carbocycles. The molecule has 4 nitrogen and oxygen atoms in total. The number of hydrogen-bond donors (Lipinski definition) is 3. The molecule has 0 saturated carbocycles. The van der Waals surface area contributed by atoms with E-state index in [1.165, 1.54) is 5.56 Å². The number of aryl methyl sites for hydroxylation is 1. The minimum Gasteiger partial charge on any atom is -0.330 e. The first-order valence-corrected chi connectivity index (χ1v) is 5.21. The summed E-state index contributed by atoms with van der Waals surface area (Å²) in [5, 5.41) is 0. The van der Waals surface area contributed by atoms with Gasteiger partial charge in [0.25, 0.3) is 0 Å². The molecule has 1 aromatic heterocycles. The van der Waals surface area contributed by atoms with E-state index in [1.54, 1.807) is 0 Å². The van der Waals surface area contributed by atoms with E-state index < -0.39 is 0 Å². The molecular weight excluding hydrogens is 190 g/mol. The Morgan fingerprint density at radius 3 is 2.87 bits per heavy atom. The van der Waals surface area contributed by atoms with E-state index in [4.69, 9.17) is 5.73 Å². The third-order valence-corrected chi connectivity index (χ3v) is 2.54. The van der Waals surface area contributed by atoms with Crippen molar-refractivity contribution in [1.29, 1.82) is 0 Å². The predicted molar refractivity (Wildman–Crippen MR) is 60.9 cm³/mol. The number of aromatic amines is 2. The SMILES string of the molecule is NCCCCc1cccc2[nH]c(=O)[nH]c12. The molecule has 1 heterocycles. The second-order valence-corrected chi connectivity index (χ2v) is 3.66. The molecule has 0 fully saturated rings. The Morgan fingerprint density at radius 1 is 1.20 bits per heavy atom. The molecule has 0 atom stereocenters. The Kier molecular flexibility index (Phi) is 2.87. The second kappa shape index (κ2) is 4.31. The molecule has 2 rings (SSSR count). The van der Waals surface area contributed by atoms with Crippen LogP contribution in [0.2, 0.25) is 0 Å². The first kappa shape index (κ1) is 9.98. The van der Waals surface area contributed by atoms with Crippen molar-refractivity contribution in [3.8, 4) is 0 Å². The van der Waals surface area contributed by atoms with Crippen LogP contribution in [0.1, 0.15) is 18.4 Å². The number of para-hydroxylation sites is 1. The number of rotatable bonds is 4. The highest BCUT2D eigenvalue weighted by atomic mass is 16.1. The van der Waals surface area contributed by atoms with E-state index in [1.807, 2.05) is 18.2 Å². The smallest absolute Gasteiger partial charge is 0.323 e. The zero-order valence-electron chi connectivity index (χ0n) is 8.55. The molecule has 0 amide bonds. The molecule has 0 radical (unpaired) electrons. The van der Waals surface area contributed by atoms with Gasteiger partial charge in [-0.15, -0.1) is 0 Å². The summed E-state index contributed by atoms with van der Waals surface area (Å²) >= 11 is 0. The van der Waals surface area contributed by atoms with E-state index in [2.05, 4.69) is 9.97 Å². The van der Waals surface area contributed by atoms with Crippen LogP contribution in [0.4, 0.5) is 0 Å². The Morgan fingerprint density at radius 2 is 2.07 bits per heavy atom. The highest BCUT2D eigenvalue weighted by molar-refractivity contribution is 5.78. The normalized spacial score (nSPS) is 11.0. The van der Waals surface area contributed by atoms with Gasteiger partial charge in [-0.05, 0) is 37.4 Å². The third kappa shape index (κ3) is 2.10. The molecule has 0 spiro atoms. The molecule has 0 aliphatic carbocycles. The molecule has 0 aliphatic heterocycles. The van der Waals surface area contributed by atoms with Gasteiger partial charge in [0.15, 0.2) is 0 Å². The van der Waals surface area contributed by atoms with Crippen LogP contribution in [-0.2, 0) is 6.42 Å². The summed E-state index contributed by atoms with van der Waals surface area (Å²) in [7, 11) is 0. The Balaban J connectivity index is 2.29. The topological polar surface area (TPSA) is 74.7 Å². The Bertz CT molecular complexity index is 498. The lowest BCUT2D eigenvalue weighted by Gasteiger charge is -2.01. The first-order chi connectivity index (χ1) is 7.31. The predicted octanol–water partition coefficient (Wildman–Crippen LogP) is 1.14. The number of unbranched alkanes of at least 4 members (excludes halogenated alkanes) is 1. The van der Waals surface area contributed by atoms with Gasteiger partial charge in [0, 0.05) is 0 Å². The Hall–Kier alpha value is -1.55. The van der Waals surface area contributed by atoms with Crippen molar-refractivity contribution in [1.82, 2.24) is 9.97 Å². The van der Waals surface area contributed by atoms with Gasteiger partial charge >= 0.3 is 5.69 Å². The fraction of sp³-hybridized carbons (Fsp3) is 0.364. The maximum Gasteiger partial charge on any atom is 0.323 e. The van der Waals surface area contributed by atoms with Gasteiger partial charge in [0.1, 0.15) is 0 Å². The zero-order chi connectivity index (χ0) is 10.7. The molecule has 80 valence electrons. The van der Waals surface area contributed by atoms with Crippen LogP contribution < -0.4 is 11.4 Å². The van der Waals surface area contributed by atoms with Crippen molar-refractivity contribution in [2.24, 2.45) is 5.73 Å². The lowest BCUT2D eigenvalue weighted by Crippen LogP contribution is -2.00. The van der Waals surface area contributed by atoms with E-state index in [-0.39, 0.29) is 5.69 Å². The van der Waals surface area contributed by atoms with E-state index >= 15 is 0 Å².